The van der Waals surface area contributed by atoms with Crippen LogP contribution in [0, 0.1) is 0 Å². The van der Waals surface area contributed by atoms with E-state index in [1.807, 2.05) is 20.8 Å². The first-order valence-electron chi connectivity index (χ1n) is 6.19. The lowest BCUT2D eigenvalue weighted by molar-refractivity contribution is -0.159. The fraction of sp³-hybridized carbons (Fsp3) is 0.692. The highest BCUT2D eigenvalue weighted by atomic mass is 16.6. The Morgan fingerprint density at radius 1 is 1.33 bits per heavy atom. The van der Waals surface area contributed by atoms with Gasteiger partial charge in [-0.05, 0) is 33.3 Å². The van der Waals surface area contributed by atoms with E-state index in [0.29, 0.717) is 13.1 Å². The normalized spacial score (nSPS) is 21.1. The van der Waals surface area contributed by atoms with Crippen molar-refractivity contribution in [3.63, 3.8) is 0 Å². The first-order chi connectivity index (χ1) is 8.27. The quantitative estimate of drug-likeness (QED) is 0.663. The highest BCUT2D eigenvalue weighted by Crippen LogP contribution is 2.39. The number of carbonyl (C=O) groups is 2. The standard InChI is InChI=1S/C13H20N2O3/c1-5-10(16)15-7-6-13(15)8-14(9-13)11(17)18-12(2,3)4/h5H,1,6-9H2,2-4H3. The lowest BCUT2D eigenvalue weighted by Gasteiger charge is -2.61. The topological polar surface area (TPSA) is 49.9 Å². The third-order valence-electron chi connectivity index (χ3n) is 3.44. The first kappa shape index (κ1) is 12.9. The monoisotopic (exact) mass is 252 g/mol. The van der Waals surface area contributed by atoms with Crippen LogP contribution in [0.25, 0.3) is 0 Å². The summed E-state index contributed by atoms with van der Waals surface area (Å²) in [5.74, 6) is -0.0508. The molecule has 0 N–H and O–H groups in total. The van der Waals surface area contributed by atoms with Gasteiger partial charge in [-0.15, -0.1) is 0 Å². The van der Waals surface area contributed by atoms with Gasteiger partial charge in [0, 0.05) is 19.6 Å². The van der Waals surface area contributed by atoms with E-state index in [2.05, 4.69) is 6.58 Å². The van der Waals surface area contributed by atoms with Crippen molar-refractivity contribution in [3.8, 4) is 0 Å². The third kappa shape index (κ3) is 2.09. The van der Waals surface area contributed by atoms with Crippen molar-refractivity contribution in [1.29, 1.82) is 0 Å². The Morgan fingerprint density at radius 2 is 1.94 bits per heavy atom. The molecule has 0 aliphatic carbocycles. The van der Waals surface area contributed by atoms with Crippen LogP contribution < -0.4 is 0 Å². The number of hydrogen-bond acceptors (Lipinski definition) is 3. The molecule has 100 valence electrons. The van der Waals surface area contributed by atoms with Gasteiger partial charge in [0.05, 0.1) is 5.54 Å². The predicted octanol–water partition coefficient (Wildman–Crippen LogP) is 1.39. The van der Waals surface area contributed by atoms with Gasteiger partial charge in [0.1, 0.15) is 5.60 Å². The van der Waals surface area contributed by atoms with Crippen LogP contribution in [0.15, 0.2) is 12.7 Å². The lowest BCUT2D eigenvalue weighted by Crippen LogP contribution is -2.78. The number of rotatable bonds is 1. The Morgan fingerprint density at radius 3 is 2.33 bits per heavy atom. The number of nitrogens with zero attached hydrogens (tertiary/aromatic N) is 2. The lowest BCUT2D eigenvalue weighted by atomic mass is 9.77. The van der Waals surface area contributed by atoms with Crippen LogP contribution in [0.1, 0.15) is 27.2 Å². The summed E-state index contributed by atoms with van der Waals surface area (Å²) in [6, 6.07) is 0. The highest BCUT2D eigenvalue weighted by Gasteiger charge is 2.56. The zero-order valence-electron chi connectivity index (χ0n) is 11.2. The molecular weight excluding hydrogens is 232 g/mol. The largest absolute Gasteiger partial charge is 0.444 e. The van der Waals surface area contributed by atoms with Gasteiger partial charge in [0.15, 0.2) is 0 Å². The number of amides is 2. The van der Waals surface area contributed by atoms with E-state index < -0.39 is 5.60 Å². The Kier molecular flexibility index (Phi) is 2.87. The van der Waals surface area contributed by atoms with Crippen molar-refractivity contribution in [2.45, 2.75) is 38.3 Å². The molecule has 5 heteroatoms. The molecule has 0 atom stereocenters. The van der Waals surface area contributed by atoms with E-state index >= 15 is 0 Å². The van der Waals surface area contributed by atoms with Gasteiger partial charge < -0.3 is 14.5 Å². The molecule has 2 aliphatic rings. The van der Waals surface area contributed by atoms with Gasteiger partial charge in [0.2, 0.25) is 5.91 Å². The maximum atomic E-state index is 11.8. The Hall–Kier alpha value is -1.52. The van der Waals surface area contributed by atoms with E-state index in [-0.39, 0.29) is 17.5 Å². The van der Waals surface area contributed by atoms with Crippen molar-refractivity contribution in [1.82, 2.24) is 9.80 Å². The first-order valence-corrected chi connectivity index (χ1v) is 6.19. The average Bonchev–Trinajstić information content (AvgIpc) is 2.10. The van der Waals surface area contributed by atoms with E-state index in [1.54, 1.807) is 9.80 Å². The molecule has 0 unspecified atom stereocenters. The van der Waals surface area contributed by atoms with Gasteiger partial charge in [-0.25, -0.2) is 4.79 Å². The summed E-state index contributed by atoms with van der Waals surface area (Å²) in [6.45, 7) is 10.9. The second kappa shape index (κ2) is 4.00. The predicted molar refractivity (Wildman–Crippen MR) is 67.1 cm³/mol. The van der Waals surface area contributed by atoms with Crippen LogP contribution in [-0.4, -0.2) is 52.6 Å². The molecular formula is C13H20N2O3. The smallest absolute Gasteiger partial charge is 0.410 e. The van der Waals surface area contributed by atoms with Crippen LogP contribution >= 0.6 is 0 Å². The second-order valence-corrected chi connectivity index (χ2v) is 6.00. The summed E-state index contributed by atoms with van der Waals surface area (Å²) >= 11 is 0. The van der Waals surface area contributed by atoms with Crippen molar-refractivity contribution in [3.05, 3.63) is 12.7 Å². The van der Waals surface area contributed by atoms with Crippen molar-refractivity contribution < 1.29 is 14.3 Å². The van der Waals surface area contributed by atoms with Crippen molar-refractivity contribution >= 4 is 12.0 Å². The molecule has 2 saturated heterocycles. The average molecular weight is 252 g/mol. The SMILES string of the molecule is C=CC(=O)N1CCC12CN(C(=O)OC(C)(C)C)C2. The fourth-order valence-corrected chi connectivity index (χ4v) is 2.44. The van der Waals surface area contributed by atoms with Crippen LogP contribution in [0.4, 0.5) is 4.79 Å². The van der Waals surface area contributed by atoms with E-state index in [1.165, 1.54) is 6.08 Å². The molecule has 18 heavy (non-hydrogen) atoms. The molecule has 2 rings (SSSR count). The van der Waals surface area contributed by atoms with Crippen LogP contribution in [0.5, 0.6) is 0 Å². The number of hydrogen-bond donors (Lipinski definition) is 0. The summed E-state index contributed by atoms with van der Waals surface area (Å²) in [6.07, 6.45) is 1.98. The maximum Gasteiger partial charge on any atom is 0.410 e. The zero-order valence-corrected chi connectivity index (χ0v) is 11.2. The number of ether oxygens (including phenoxy) is 1. The van der Waals surface area contributed by atoms with Gasteiger partial charge >= 0.3 is 6.09 Å². The minimum absolute atomic E-state index is 0.0508. The molecule has 2 heterocycles. The van der Waals surface area contributed by atoms with Gasteiger partial charge in [-0.1, -0.05) is 6.58 Å². The molecule has 0 aromatic rings. The molecule has 2 aliphatic heterocycles. The molecule has 0 bridgehead atoms. The van der Waals surface area contributed by atoms with Crippen LogP contribution in [0.3, 0.4) is 0 Å². The number of carbonyl (C=O) groups excluding carboxylic acids is 2. The summed E-state index contributed by atoms with van der Waals surface area (Å²) in [7, 11) is 0. The van der Waals surface area contributed by atoms with Crippen LogP contribution in [-0.2, 0) is 9.53 Å². The molecule has 0 saturated carbocycles. The van der Waals surface area contributed by atoms with Gasteiger partial charge in [0.25, 0.3) is 0 Å². The van der Waals surface area contributed by atoms with Gasteiger partial charge in [-0.3, -0.25) is 4.79 Å². The van der Waals surface area contributed by atoms with Gasteiger partial charge in [-0.2, -0.15) is 0 Å². The minimum Gasteiger partial charge on any atom is -0.444 e. The Balaban J connectivity index is 1.89. The summed E-state index contributed by atoms with van der Waals surface area (Å²) in [5, 5.41) is 0. The fourth-order valence-electron chi connectivity index (χ4n) is 2.44. The summed E-state index contributed by atoms with van der Waals surface area (Å²) in [5.41, 5.74) is -0.627. The molecule has 0 aromatic carbocycles. The van der Waals surface area contributed by atoms with E-state index in [4.69, 9.17) is 4.74 Å². The molecule has 0 radical (unpaired) electrons. The molecule has 2 amide bonds. The Labute approximate surface area is 107 Å². The number of likely N-dealkylation sites (tertiary alicyclic amines) is 2. The second-order valence-electron chi connectivity index (χ2n) is 6.00. The maximum absolute atomic E-state index is 11.8. The molecule has 2 fully saturated rings. The molecule has 1 spiro atoms. The summed E-state index contributed by atoms with van der Waals surface area (Å²) in [4.78, 5) is 26.8. The van der Waals surface area contributed by atoms with Crippen LogP contribution in [0.2, 0.25) is 0 Å². The summed E-state index contributed by atoms with van der Waals surface area (Å²) < 4.78 is 5.29. The molecule has 0 aromatic heterocycles. The Bertz CT molecular complexity index is 392. The van der Waals surface area contributed by atoms with Crippen molar-refractivity contribution in [2.75, 3.05) is 19.6 Å². The molecule has 5 nitrogen and oxygen atoms in total. The zero-order chi connectivity index (χ0) is 13.6. The van der Waals surface area contributed by atoms with Crippen molar-refractivity contribution in [2.24, 2.45) is 0 Å². The third-order valence-corrected chi connectivity index (χ3v) is 3.44. The highest BCUT2D eigenvalue weighted by molar-refractivity contribution is 5.89. The van der Waals surface area contributed by atoms with E-state index in [9.17, 15) is 9.59 Å². The van der Waals surface area contributed by atoms with E-state index in [0.717, 1.165) is 13.0 Å². The minimum atomic E-state index is -0.476.